The van der Waals surface area contributed by atoms with E-state index in [4.69, 9.17) is 4.74 Å². The molecule has 3 rings (SSSR count). The fourth-order valence-electron chi connectivity index (χ4n) is 2.97. The van der Waals surface area contributed by atoms with Gasteiger partial charge >= 0.3 is 0 Å². The number of aryl methyl sites for hydroxylation is 1. The van der Waals surface area contributed by atoms with Gasteiger partial charge in [0.2, 0.25) is 5.91 Å². The molecular formula is C19H26FIN6O2. The highest BCUT2D eigenvalue weighted by molar-refractivity contribution is 14.0. The Kier molecular flexibility index (Phi) is 8.68. The van der Waals surface area contributed by atoms with Crippen LogP contribution in [0.3, 0.4) is 0 Å². The summed E-state index contributed by atoms with van der Waals surface area (Å²) in [5.74, 6) is 0.810. The van der Waals surface area contributed by atoms with Crippen molar-refractivity contribution in [1.82, 2.24) is 20.0 Å². The number of aliphatic imine (C=N–C) groups is 1. The van der Waals surface area contributed by atoms with Crippen LogP contribution in [-0.2, 0) is 11.8 Å². The largest absolute Gasteiger partial charge is 0.492 e. The molecule has 0 radical (unpaired) electrons. The van der Waals surface area contributed by atoms with Gasteiger partial charge in [-0.1, -0.05) is 6.07 Å². The van der Waals surface area contributed by atoms with Gasteiger partial charge in [0.25, 0.3) is 0 Å². The summed E-state index contributed by atoms with van der Waals surface area (Å²) in [6.45, 7) is 4.86. The molecule has 158 valence electrons. The molecule has 1 saturated heterocycles. The van der Waals surface area contributed by atoms with E-state index in [-0.39, 0.29) is 42.2 Å². The molecule has 1 aliphatic heterocycles. The van der Waals surface area contributed by atoms with Gasteiger partial charge in [0.15, 0.2) is 5.96 Å². The van der Waals surface area contributed by atoms with E-state index in [0.29, 0.717) is 44.5 Å². The van der Waals surface area contributed by atoms with Crippen LogP contribution in [0, 0.1) is 5.82 Å². The maximum atomic E-state index is 13.2. The SMILES string of the molecule is CCNC(=NCCOc1cccc(F)c1)N1CCN(c2cnn(C)c2)C(=O)C1.I. The van der Waals surface area contributed by atoms with E-state index in [1.807, 2.05) is 25.1 Å². The first-order valence-electron chi connectivity index (χ1n) is 9.27. The number of hydrogen-bond donors (Lipinski definition) is 1. The smallest absolute Gasteiger partial charge is 0.246 e. The van der Waals surface area contributed by atoms with Crippen molar-refractivity contribution in [2.24, 2.45) is 12.0 Å². The molecule has 0 bridgehead atoms. The van der Waals surface area contributed by atoms with E-state index in [1.54, 1.807) is 27.9 Å². The summed E-state index contributed by atoms with van der Waals surface area (Å²) in [6.07, 6.45) is 3.52. The highest BCUT2D eigenvalue weighted by atomic mass is 127. The molecule has 0 unspecified atom stereocenters. The topological polar surface area (TPSA) is 75.0 Å². The Morgan fingerprint density at radius 1 is 1.38 bits per heavy atom. The molecule has 1 aromatic carbocycles. The van der Waals surface area contributed by atoms with Gasteiger partial charge in [0.1, 0.15) is 24.7 Å². The quantitative estimate of drug-likeness (QED) is 0.275. The average Bonchev–Trinajstić information content (AvgIpc) is 3.10. The Hall–Kier alpha value is -2.37. The highest BCUT2D eigenvalue weighted by Crippen LogP contribution is 2.16. The molecular weight excluding hydrogens is 490 g/mol. The Morgan fingerprint density at radius 2 is 2.21 bits per heavy atom. The lowest BCUT2D eigenvalue weighted by Gasteiger charge is -2.35. The van der Waals surface area contributed by atoms with Crippen LogP contribution in [0.2, 0.25) is 0 Å². The van der Waals surface area contributed by atoms with Crippen molar-refractivity contribution < 1.29 is 13.9 Å². The van der Waals surface area contributed by atoms with E-state index in [9.17, 15) is 9.18 Å². The van der Waals surface area contributed by atoms with Crippen LogP contribution < -0.4 is 15.0 Å². The number of piperazine rings is 1. The van der Waals surface area contributed by atoms with Gasteiger partial charge in [-0.25, -0.2) is 9.38 Å². The standard InChI is InChI=1S/C19H25FN6O2.HI/c1-3-21-19(22-7-10-28-17-6-4-5-15(20)11-17)25-8-9-26(18(27)14-25)16-12-23-24(2)13-16;/h4-6,11-13H,3,7-10,14H2,1-2H3,(H,21,22);1H. The zero-order valence-corrected chi connectivity index (χ0v) is 18.9. The molecule has 0 spiro atoms. The summed E-state index contributed by atoms with van der Waals surface area (Å²) in [6, 6.07) is 6.02. The van der Waals surface area contributed by atoms with E-state index in [2.05, 4.69) is 15.4 Å². The maximum absolute atomic E-state index is 13.2. The molecule has 2 heterocycles. The van der Waals surface area contributed by atoms with Gasteiger partial charge in [-0.05, 0) is 19.1 Å². The average molecular weight is 516 g/mol. The Bertz CT molecular complexity index is 844. The van der Waals surface area contributed by atoms with Crippen molar-refractivity contribution in [2.45, 2.75) is 6.92 Å². The number of halogens is 2. The van der Waals surface area contributed by atoms with Crippen LogP contribution in [0.5, 0.6) is 5.75 Å². The van der Waals surface area contributed by atoms with Gasteiger partial charge in [-0.3, -0.25) is 9.48 Å². The number of carbonyl (C=O) groups excluding carboxylic acids is 1. The second kappa shape index (κ2) is 11.0. The number of hydrogen-bond acceptors (Lipinski definition) is 4. The van der Waals surface area contributed by atoms with Crippen LogP contribution in [0.4, 0.5) is 10.1 Å². The molecule has 1 fully saturated rings. The lowest BCUT2D eigenvalue weighted by atomic mass is 10.3. The predicted molar refractivity (Wildman–Crippen MR) is 120 cm³/mol. The van der Waals surface area contributed by atoms with Crippen molar-refractivity contribution in [3.05, 3.63) is 42.5 Å². The maximum Gasteiger partial charge on any atom is 0.246 e. The van der Waals surface area contributed by atoms with Gasteiger partial charge in [-0.2, -0.15) is 5.10 Å². The Morgan fingerprint density at radius 3 is 2.86 bits per heavy atom. The van der Waals surface area contributed by atoms with Gasteiger partial charge in [0, 0.05) is 38.9 Å². The summed E-state index contributed by atoms with van der Waals surface area (Å²) < 4.78 is 20.4. The number of ether oxygens (including phenoxy) is 1. The minimum Gasteiger partial charge on any atom is -0.492 e. The van der Waals surface area contributed by atoms with Crippen LogP contribution in [0.15, 0.2) is 41.7 Å². The van der Waals surface area contributed by atoms with Crippen LogP contribution in [-0.4, -0.2) is 65.9 Å². The Balaban J connectivity index is 0.00000300. The molecule has 2 aromatic rings. The lowest BCUT2D eigenvalue weighted by Crippen LogP contribution is -2.55. The van der Waals surface area contributed by atoms with Crippen LogP contribution in [0.25, 0.3) is 0 Å². The second-order valence-electron chi connectivity index (χ2n) is 6.38. The summed E-state index contributed by atoms with van der Waals surface area (Å²) >= 11 is 0. The molecule has 1 amide bonds. The van der Waals surface area contributed by atoms with Gasteiger partial charge in [0.05, 0.1) is 18.4 Å². The first kappa shape index (κ1) is 22.9. The molecule has 0 saturated carbocycles. The Labute approximate surface area is 186 Å². The van der Waals surface area contributed by atoms with Crippen LogP contribution in [0.1, 0.15) is 6.92 Å². The van der Waals surface area contributed by atoms with E-state index >= 15 is 0 Å². The molecule has 8 nitrogen and oxygen atoms in total. The third-order valence-corrected chi connectivity index (χ3v) is 4.28. The van der Waals surface area contributed by atoms with Crippen molar-refractivity contribution in [3.63, 3.8) is 0 Å². The fraction of sp³-hybridized carbons (Fsp3) is 0.421. The van der Waals surface area contributed by atoms with Crippen LogP contribution >= 0.6 is 24.0 Å². The lowest BCUT2D eigenvalue weighted by molar-refractivity contribution is -0.120. The van der Waals surface area contributed by atoms with Crippen molar-refractivity contribution in [3.8, 4) is 5.75 Å². The first-order valence-corrected chi connectivity index (χ1v) is 9.27. The highest BCUT2D eigenvalue weighted by Gasteiger charge is 2.27. The number of anilines is 1. The molecule has 1 N–H and O–H groups in total. The predicted octanol–water partition coefficient (Wildman–Crippen LogP) is 1.87. The fourth-order valence-corrected chi connectivity index (χ4v) is 2.97. The summed E-state index contributed by atoms with van der Waals surface area (Å²) in [5, 5.41) is 7.34. The molecule has 0 atom stereocenters. The van der Waals surface area contributed by atoms with Gasteiger partial charge in [-0.15, -0.1) is 24.0 Å². The number of aromatic nitrogens is 2. The summed E-state index contributed by atoms with van der Waals surface area (Å²) in [4.78, 5) is 20.8. The van der Waals surface area contributed by atoms with E-state index in [1.165, 1.54) is 12.1 Å². The molecule has 10 heteroatoms. The van der Waals surface area contributed by atoms with E-state index < -0.39 is 0 Å². The number of nitrogens with one attached hydrogen (secondary N) is 1. The molecule has 0 aliphatic carbocycles. The number of rotatable bonds is 6. The van der Waals surface area contributed by atoms with E-state index in [0.717, 1.165) is 5.69 Å². The normalized spacial score (nSPS) is 14.6. The first-order chi connectivity index (χ1) is 13.6. The second-order valence-corrected chi connectivity index (χ2v) is 6.38. The summed E-state index contributed by atoms with van der Waals surface area (Å²) in [7, 11) is 1.83. The number of benzene rings is 1. The summed E-state index contributed by atoms with van der Waals surface area (Å²) in [5.41, 5.74) is 0.803. The minimum absolute atomic E-state index is 0. The molecule has 29 heavy (non-hydrogen) atoms. The third kappa shape index (κ3) is 6.31. The van der Waals surface area contributed by atoms with Gasteiger partial charge < -0.3 is 19.9 Å². The molecule has 1 aliphatic rings. The van der Waals surface area contributed by atoms with Crippen molar-refractivity contribution >= 4 is 41.5 Å². The third-order valence-electron chi connectivity index (χ3n) is 4.28. The minimum atomic E-state index is -0.334. The zero-order chi connectivity index (χ0) is 19.9. The monoisotopic (exact) mass is 516 g/mol. The van der Waals surface area contributed by atoms with Crippen molar-refractivity contribution in [2.75, 3.05) is 44.2 Å². The number of nitrogens with zero attached hydrogens (tertiary/aromatic N) is 5. The zero-order valence-electron chi connectivity index (χ0n) is 16.5. The number of carbonyl (C=O) groups is 1. The number of guanidine groups is 1. The number of amides is 1. The van der Waals surface area contributed by atoms with Crippen molar-refractivity contribution in [1.29, 1.82) is 0 Å². The molecule has 1 aromatic heterocycles.